The van der Waals surface area contributed by atoms with Gasteiger partial charge in [-0.2, -0.15) is 0 Å². The first-order valence-electron chi connectivity index (χ1n) is 14.4. The minimum absolute atomic E-state index is 0.171. The van der Waals surface area contributed by atoms with Gasteiger partial charge in [-0.15, -0.1) is 13.2 Å². The molecule has 1 N–H and O–H groups in total. The summed E-state index contributed by atoms with van der Waals surface area (Å²) in [5, 5.41) is 10.3. The monoisotopic (exact) mass is 551 g/mol. The number of benzene rings is 1. The average Bonchev–Trinajstić information content (AvgIpc) is 3.48. The second-order valence-corrected chi connectivity index (χ2v) is 12.6. The Morgan fingerprint density at radius 1 is 1.15 bits per heavy atom. The summed E-state index contributed by atoms with van der Waals surface area (Å²) in [6.45, 7) is 18.1. The molecule has 3 heterocycles. The van der Waals surface area contributed by atoms with Gasteiger partial charge in [0.05, 0.1) is 30.1 Å². The maximum Gasteiger partial charge on any atom is 0.249 e. The smallest absolute Gasteiger partial charge is 0.249 e. The maximum atomic E-state index is 14.5. The Labute approximate surface area is 238 Å². The summed E-state index contributed by atoms with van der Waals surface area (Å²) >= 11 is 0. The maximum absolute atomic E-state index is 14.5. The van der Waals surface area contributed by atoms with Gasteiger partial charge in [-0.1, -0.05) is 49.4 Å². The molecule has 2 unspecified atom stereocenters. The van der Waals surface area contributed by atoms with E-state index in [9.17, 15) is 19.5 Å². The number of aliphatic hydroxyl groups excluding tert-OH is 1. The number of rotatable bonds is 11. The molecule has 4 rings (SSSR count). The Morgan fingerprint density at radius 3 is 2.35 bits per heavy atom. The summed E-state index contributed by atoms with van der Waals surface area (Å²) in [6, 6.07) is 8.22. The Hall–Kier alpha value is -2.97. The van der Waals surface area contributed by atoms with E-state index < -0.39 is 40.7 Å². The molecule has 2 bridgehead atoms. The zero-order valence-electron chi connectivity index (χ0n) is 24.6. The number of likely N-dealkylation sites (tertiary alicyclic amines) is 1. The van der Waals surface area contributed by atoms with E-state index in [4.69, 9.17) is 4.74 Å². The van der Waals surface area contributed by atoms with Crippen LogP contribution in [-0.4, -0.2) is 86.0 Å². The lowest BCUT2D eigenvalue weighted by Crippen LogP contribution is -2.61. The van der Waals surface area contributed by atoms with Crippen molar-refractivity contribution >= 4 is 17.7 Å². The minimum atomic E-state index is -1.15. The molecule has 6 atom stereocenters. The highest BCUT2D eigenvalue weighted by molar-refractivity contribution is 5.99. The van der Waals surface area contributed by atoms with Crippen molar-refractivity contribution in [3.05, 3.63) is 61.2 Å². The van der Waals surface area contributed by atoms with E-state index in [0.29, 0.717) is 38.9 Å². The van der Waals surface area contributed by atoms with Gasteiger partial charge in [-0.05, 0) is 52.5 Å². The molecule has 0 aromatic heterocycles. The third kappa shape index (κ3) is 4.79. The van der Waals surface area contributed by atoms with Crippen LogP contribution in [0.2, 0.25) is 0 Å². The number of ether oxygens (including phenoxy) is 1. The van der Waals surface area contributed by atoms with Crippen LogP contribution in [0.3, 0.4) is 0 Å². The number of fused-ring (bicyclic) bond motifs is 1. The molecule has 1 spiro atoms. The van der Waals surface area contributed by atoms with E-state index >= 15 is 0 Å². The molecule has 3 aliphatic heterocycles. The number of nitrogens with zero attached hydrogens (tertiary/aromatic N) is 3. The van der Waals surface area contributed by atoms with Gasteiger partial charge >= 0.3 is 0 Å². The molecule has 8 heteroatoms. The summed E-state index contributed by atoms with van der Waals surface area (Å²) < 4.78 is 6.81. The fraction of sp³-hybridized carbons (Fsp3) is 0.594. The van der Waals surface area contributed by atoms with Gasteiger partial charge in [-0.25, -0.2) is 0 Å². The van der Waals surface area contributed by atoms with Crippen LogP contribution in [0.15, 0.2) is 55.6 Å². The Bertz CT molecular complexity index is 1140. The van der Waals surface area contributed by atoms with Crippen molar-refractivity contribution in [2.75, 3.05) is 19.7 Å². The predicted octanol–water partition coefficient (Wildman–Crippen LogP) is 3.55. The molecule has 40 heavy (non-hydrogen) atoms. The molecule has 0 radical (unpaired) electrons. The largest absolute Gasteiger partial charge is 0.394 e. The lowest BCUT2D eigenvalue weighted by atomic mass is 9.66. The summed E-state index contributed by atoms with van der Waals surface area (Å²) in [7, 11) is 0. The number of hydrogen-bond acceptors (Lipinski definition) is 5. The zero-order valence-corrected chi connectivity index (χ0v) is 24.6. The van der Waals surface area contributed by atoms with Crippen LogP contribution in [0.1, 0.15) is 59.4 Å². The lowest BCUT2D eigenvalue weighted by molar-refractivity contribution is -0.159. The number of carbonyl (C=O) groups excluding carboxylic acids is 3. The van der Waals surface area contributed by atoms with Crippen molar-refractivity contribution in [2.24, 2.45) is 11.8 Å². The first-order valence-corrected chi connectivity index (χ1v) is 14.4. The summed E-state index contributed by atoms with van der Waals surface area (Å²) in [5.41, 5.74) is -1.60. The van der Waals surface area contributed by atoms with Crippen LogP contribution < -0.4 is 0 Å². The van der Waals surface area contributed by atoms with Crippen LogP contribution in [0.4, 0.5) is 0 Å². The van der Waals surface area contributed by atoms with Gasteiger partial charge < -0.3 is 24.5 Å². The number of aliphatic hydroxyl groups is 1. The van der Waals surface area contributed by atoms with Crippen LogP contribution in [-0.2, 0) is 25.7 Å². The van der Waals surface area contributed by atoms with Crippen LogP contribution in [0.25, 0.3) is 0 Å². The highest BCUT2D eigenvalue weighted by Gasteiger charge is 2.79. The number of carbonyl (C=O) groups is 3. The molecule has 218 valence electrons. The first kappa shape index (κ1) is 30.0. The van der Waals surface area contributed by atoms with Gasteiger partial charge in [0.2, 0.25) is 17.7 Å². The SMILES string of the molecule is C=CCN(Cc1ccccc1)C(=O)[C@H]1[C@H]2C(=O)N([C@@H](CC)CO)C(C(=O)N(CC=C)C(C)(C)C)C23CC[C@]1(C)O3. The van der Waals surface area contributed by atoms with Crippen molar-refractivity contribution in [1.82, 2.24) is 14.7 Å². The highest BCUT2D eigenvalue weighted by atomic mass is 16.5. The highest BCUT2D eigenvalue weighted by Crippen LogP contribution is 2.64. The van der Waals surface area contributed by atoms with E-state index in [1.54, 1.807) is 26.9 Å². The van der Waals surface area contributed by atoms with Crippen molar-refractivity contribution in [3.63, 3.8) is 0 Å². The predicted molar refractivity (Wildman–Crippen MR) is 154 cm³/mol. The summed E-state index contributed by atoms with van der Waals surface area (Å²) in [6.07, 6.45) is 4.89. The van der Waals surface area contributed by atoms with E-state index in [0.717, 1.165) is 5.56 Å². The molecular formula is C32H45N3O5. The van der Waals surface area contributed by atoms with E-state index in [1.807, 2.05) is 65.0 Å². The van der Waals surface area contributed by atoms with Gasteiger partial charge in [0.25, 0.3) is 0 Å². The third-order valence-corrected chi connectivity index (χ3v) is 9.05. The lowest BCUT2D eigenvalue weighted by Gasteiger charge is -2.43. The van der Waals surface area contributed by atoms with Crippen LogP contribution >= 0.6 is 0 Å². The van der Waals surface area contributed by atoms with Gasteiger partial charge in [0.15, 0.2) is 0 Å². The third-order valence-electron chi connectivity index (χ3n) is 9.05. The van der Waals surface area contributed by atoms with Gasteiger partial charge in [-0.3, -0.25) is 14.4 Å². The molecule has 8 nitrogen and oxygen atoms in total. The number of amides is 3. The molecule has 1 aromatic carbocycles. The minimum Gasteiger partial charge on any atom is -0.394 e. The topological polar surface area (TPSA) is 90.4 Å². The molecule has 3 amide bonds. The molecule has 3 saturated heterocycles. The fourth-order valence-corrected chi connectivity index (χ4v) is 7.19. The second-order valence-electron chi connectivity index (χ2n) is 12.6. The van der Waals surface area contributed by atoms with E-state index in [-0.39, 0.29) is 24.3 Å². The summed E-state index contributed by atoms with van der Waals surface area (Å²) in [5.74, 6) is -2.26. The van der Waals surface area contributed by atoms with E-state index in [2.05, 4.69) is 13.2 Å². The molecule has 0 saturated carbocycles. The quantitative estimate of drug-likeness (QED) is 0.425. The van der Waals surface area contributed by atoms with Crippen molar-refractivity contribution < 1.29 is 24.2 Å². The normalized spacial score (nSPS) is 29.7. The summed E-state index contributed by atoms with van der Waals surface area (Å²) in [4.78, 5) is 48.3. The second kappa shape index (κ2) is 11.1. The fourth-order valence-electron chi connectivity index (χ4n) is 7.19. The van der Waals surface area contributed by atoms with Crippen molar-refractivity contribution in [1.29, 1.82) is 0 Å². The molecule has 1 aromatic rings. The van der Waals surface area contributed by atoms with E-state index in [1.165, 1.54) is 0 Å². The van der Waals surface area contributed by atoms with Gasteiger partial charge in [0.1, 0.15) is 11.6 Å². The Morgan fingerprint density at radius 2 is 1.80 bits per heavy atom. The van der Waals surface area contributed by atoms with Crippen molar-refractivity contribution in [3.8, 4) is 0 Å². The average molecular weight is 552 g/mol. The molecular weight excluding hydrogens is 506 g/mol. The van der Waals surface area contributed by atoms with Crippen molar-refractivity contribution in [2.45, 2.75) is 89.3 Å². The van der Waals surface area contributed by atoms with Crippen LogP contribution in [0, 0.1) is 11.8 Å². The Balaban J connectivity index is 1.80. The van der Waals surface area contributed by atoms with Crippen LogP contribution in [0.5, 0.6) is 0 Å². The standard InChI is InChI=1S/C32H45N3O5/c1-8-18-33(20-22-14-12-11-13-15-22)27(37)24-25-28(38)35(23(10-3)21-36)26(32(25)17-16-31(24,7)40-32)29(39)34(19-9-2)30(4,5)6/h8-9,11-15,23-26,36H,1-2,10,16-21H2,3-7H3/t23-,24+,25-,26?,31-,32?/m0/s1. The molecule has 3 fully saturated rings. The first-order chi connectivity index (χ1) is 18.9. The Kier molecular flexibility index (Phi) is 8.35. The zero-order chi connectivity index (χ0) is 29.5. The molecule has 0 aliphatic carbocycles. The molecule has 3 aliphatic rings. The van der Waals surface area contributed by atoms with Gasteiger partial charge in [0, 0.05) is 25.2 Å². The number of hydrogen-bond donors (Lipinski definition) is 1.